The summed E-state index contributed by atoms with van der Waals surface area (Å²) in [7, 11) is 0. The van der Waals surface area contributed by atoms with Gasteiger partial charge in [-0.1, -0.05) is 30.3 Å². The smallest absolute Gasteiger partial charge is 0.326 e. The molecule has 10 heteroatoms. The van der Waals surface area contributed by atoms with Crippen molar-refractivity contribution in [2.24, 2.45) is 22.2 Å². The molecule has 1 aliphatic heterocycles. The number of carbonyl (C=O) groups is 3. The number of likely N-dealkylation sites (tertiary alicyclic amines) is 1. The van der Waals surface area contributed by atoms with E-state index in [0.717, 1.165) is 5.56 Å². The van der Waals surface area contributed by atoms with Crippen LogP contribution in [0.4, 0.5) is 0 Å². The maximum absolute atomic E-state index is 13.1. The Morgan fingerprint density at radius 3 is 2.57 bits per heavy atom. The lowest BCUT2D eigenvalue weighted by atomic mass is 10.0. The molecule has 0 bridgehead atoms. The Morgan fingerprint density at radius 2 is 1.93 bits per heavy atom. The Hall–Kier alpha value is -3.14. The van der Waals surface area contributed by atoms with Gasteiger partial charge >= 0.3 is 5.97 Å². The highest BCUT2D eigenvalue weighted by Gasteiger charge is 2.37. The van der Waals surface area contributed by atoms with Crippen LogP contribution in [-0.2, 0) is 20.8 Å². The van der Waals surface area contributed by atoms with Gasteiger partial charge in [0.05, 0.1) is 6.04 Å². The number of aliphatic imine (C=N–C) groups is 1. The third-order valence-electron chi connectivity index (χ3n) is 5.02. The fourth-order valence-electron chi connectivity index (χ4n) is 3.47. The average molecular weight is 418 g/mol. The van der Waals surface area contributed by atoms with Gasteiger partial charge in [0.2, 0.25) is 11.8 Å². The monoisotopic (exact) mass is 418 g/mol. The minimum atomic E-state index is -1.04. The van der Waals surface area contributed by atoms with Crippen molar-refractivity contribution >= 4 is 23.7 Å². The van der Waals surface area contributed by atoms with E-state index in [0.29, 0.717) is 38.8 Å². The first-order valence-corrected chi connectivity index (χ1v) is 9.98. The topological polar surface area (TPSA) is 177 Å². The highest BCUT2D eigenvalue weighted by atomic mass is 16.4. The summed E-state index contributed by atoms with van der Waals surface area (Å²) in [6.45, 7) is 0.700. The van der Waals surface area contributed by atoms with Gasteiger partial charge in [0.1, 0.15) is 12.1 Å². The van der Waals surface area contributed by atoms with Crippen LogP contribution >= 0.6 is 0 Å². The molecule has 3 unspecified atom stereocenters. The van der Waals surface area contributed by atoms with Crippen molar-refractivity contribution < 1.29 is 19.5 Å². The number of hydrogen-bond donors (Lipinski definition) is 5. The Labute approximate surface area is 175 Å². The van der Waals surface area contributed by atoms with E-state index in [2.05, 4.69) is 10.3 Å². The van der Waals surface area contributed by atoms with Gasteiger partial charge in [-0.3, -0.25) is 14.6 Å². The molecule has 0 aliphatic carbocycles. The van der Waals surface area contributed by atoms with Crippen molar-refractivity contribution in [3.05, 3.63) is 35.9 Å². The van der Waals surface area contributed by atoms with E-state index in [1.54, 1.807) is 0 Å². The van der Waals surface area contributed by atoms with E-state index < -0.39 is 35.9 Å². The van der Waals surface area contributed by atoms with E-state index in [-0.39, 0.29) is 12.4 Å². The Bertz CT molecular complexity index is 766. The molecule has 10 nitrogen and oxygen atoms in total. The standard InChI is InChI=1S/C20H30N6O4/c21-14(8-4-10-24-20(22)23)17(27)25-15(12-13-6-2-1-3-7-13)18(28)26-11-5-9-16(26)19(29)30/h1-3,6-7,14-16H,4-5,8-12,21H2,(H,25,27)(H,29,30)(H4,22,23,24). The molecular formula is C20H30N6O4. The summed E-state index contributed by atoms with van der Waals surface area (Å²) in [5.41, 5.74) is 17.3. The summed E-state index contributed by atoms with van der Waals surface area (Å²) in [5, 5.41) is 12.1. The molecule has 164 valence electrons. The quantitative estimate of drug-likeness (QED) is 0.187. The van der Waals surface area contributed by atoms with E-state index in [1.165, 1.54) is 4.90 Å². The molecule has 2 rings (SSSR count). The zero-order valence-electron chi connectivity index (χ0n) is 16.9. The average Bonchev–Trinajstić information content (AvgIpc) is 3.20. The van der Waals surface area contributed by atoms with E-state index >= 15 is 0 Å². The number of nitrogens with two attached hydrogens (primary N) is 3. The molecule has 0 radical (unpaired) electrons. The second kappa shape index (κ2) is 11.1. The van der Waals surface area contributed by atoms with Crippen molar-refractivity contribution in [2.75, 3.05) is 13.1 Å². The van der Waals surface area contributed by atoms with Gasteiger partial charge in [-0.25, -0.2) is 4.79 Å². The molecule has 0 saturated carbocycles. The molecule has 0 aromatic heterocycles. The molecule has 30 heavy (non-hydrogen) atoms. The number of carboxylic acids is 1. The van der Waals surface area contributed by atoms with Gasteiger partial charge in [0.15, 0.2) is 5.96 Å². The fourth-order valence-corrected chi connectivity index (χ4v) is 3.47. The first-order valence-electron chi connectivity index (χ1n) is 9.98. The number of carboxylic acid groups (broad SMARTS) is 1. The summed E-state index contributed by atoms with van der Waals surface area (Å²) in [6, 6.07) is 6.62. The van der Waals surface area contributed by atoms with Crippen LogP contribution in [0.3, 0.4) is 0 Å². The lowest BCUT2D eigenvalue weighted by Crippen LogP contribution is -2.55. The highest BCUT2D eigenvalue weighted by Crippen LogP contribution is 2.19. The summed E-state index contributed by atoms with van der Waals surface area (Å²) in [6.07, 6.45) is 2.11. The summed E-state index contributed by atoms with van der Waals surface area (Å²) >= 11 is 0. The van der Waals surface area contributed by atoms with Gasteiger partial charge in [-0.05, 0) is 31.2 Å². The van der Waals surface area contributed by atoms with E-state index in [9.17, 15) is 19.5 Å². The second-order valence-corrected chi connectivity index (χ2v) is 7.33. The van der Waals surface area contributed by atoms with E-state index in [1.807, 2.05) is 30.3 Å². The zero-order chi connectivity index (χ0) is 22.1. The molecular weight excluding hydrogens is 388 g/mol. The van der Waals surface area contributed by atoms with Crippen molar-refractivity contribution in [1.29, 1.82) is 0 Å². The SMILES string of the molecule is NC(N)=NCCCC(N)C(=O)NC(Cc1ccccc1)C(=O)N1CCCC1C(=O)O. The fraction of sp³-hybridized carbons (Fsp3) is 0.500. The lowest BCUT2D eigenvalue weighted by Gasteiger charge is -2.28. The van der Waals surface area contributed by atoms with Crippen LogP contribution < -0.4 is 22.5 Å². The zero-order valence-corrected chi connectivity index (χ0v) is 16.9. The van der Waals surface area contributed by atoms with Gasteiger partial charge in [0.25, 0.3) is 0 Å². The Balaban J connectivity index is 2.07. The second-order valence-electron chi connectivity index (χ2n) is 7.33. The normalized spacial score (nSPS) is 17.8. The van der Waals surface area contributed by atoms with Crippen molar-refractivity contribution in [2.45, 2.75) is 50.2 Å². The third-order valence-corrected chi connectivity index (χ3v) is 5.02. The minimum absolute atomic E-state index is 0.0276. The van der Waals surface area contributed by atoms with Crippen molar-refractivity contribution in [3.8, 4) is 0 Å². The largest absolute Gasteiger partial charge is 0.480 e. The number of amides is 2. The Kier molecular flexibility index (Phi) is 8.60. The van der Waals surface area contributed by atoms with Crippen molar-refractivity contribution in [1.82, 2.24) is 10.2 Å². The molecule has 1 fully saturated rings. The number of carbonyl (C=O) groups excluding carboxylic acids is 2. The van der Waals surface area contributed by atoms with Crippen LogP contribution in [0.15, 0.2) is 35.3 Å². The summed E-state index contributed by atoms with van der Waals surface area (Å²) < 4.78 is 0. The van der Waals surface area contributed by atoms with Gasteiger partial charge in [-0.2, -0.15) is 0 Å². The predicted molar refractivity (Wildman–Crippen MR) is 112 cm³/mol. The van der Waals surface area contributed by atoms with Crippen LogP contribution in [0.2, 0.25) is 0 Å². The molecule has 1 aromatic rings. The molecule has 8 N–H and O–H groups in total. The molecule has 1 heterocycles. The lowest BCUT2D eigenvalue weighted by molar-refractivity contribution is -0.149. The number of nitrogens with one attached hydrogen (secondary N) is 1. The summed E-state index contributed by atoms with van der Waals surface area (Å²) in [5.74, 6) is -1.95. The molecule has 1 aromatic carbocycles. The maximum atomic E-state index is 13.1. The van der Waals surface area contributed by atoms with Gasteiger partial charge < -0.3 is 32.5 Å². The van der Waals surface area contributed by atoms with Crippen LogP contribution in [0.5, 0.6) is 0 Å². The number of hydrogen-bond acceptors (Lipinski definition) is 5. The van der Waals surface area contributed by atoms with Crippen LogP contribution in [0, 0.1) is 0 Å². The van der Waals surface area contributed by atoms with Gasteiger partial charge in [0, 0.05) is 19.5 Å². The molecule has 2 amide bonds. The minimum Gasteiger partial charge on any atom is -0.480 e. The van der Waals surface area contributed by atoms with Gasteiger partial charge in [-0.15, -0.1) is 0 Å². The molecule has 0 spiro atoms. The Morgan fingerprint density at radius 1 is 1.23 bits per heavy atom. The highest BCUT2D eigenvalue weighted by molar-refractivity contribution is 5.92. The number of aliphatic carboxylic acids is 1. The first kappa shape index (κ1) is 23.1. The summed E-state index contributed by atoms with van der Waals surface area (Å²) in [4.78, 5) is 42.4. The third kappa shape index (κ3) is 6.73. The van der Waals surface area contributed by atoms with Crippen LogP contribution in [0.25, 0.3) is 0 Å². The number of guanidine groups is 1. The molecule has 3 atom stereocenters. The van der Waals surface area contributed by atoms with E-state index in [4.69, 9.17) is 17.2 Å². The predicted octanol–water partition coefficient (Wildman–Crippen LogP) is -0.830. The first-order chi connectivity index (χ1) is 14.3. The van der Waals surface area contributed by atoms with Crippen LogP contribution in [0.1, 0.15) is 31.2 Å². The number of benzene rings is 1. The number of nitrogens with zero attached hydrogens (tertiary/aromatic N) is 2. The molecule has 1 saturated heterocycles. The maximum Gasteiger partial charge on any atom is 0.326 e. The number of rotatable bonds is 10. The van der Waals surface area contributed by atoms with Crippen molar-refractivity contribution in [3.63, 3.8) is 0 Å². The molecule has 1 aliphatic rings. The van der Waals surface area contributed by atoms with Crippen LogP contribution in [-0.4, -0.2) is 65.0 Å².